The number of hydrogen-bond donors (Lipinski definition) is 2. The zero-order valence-corrected chi connectivity index (χ0v) is 10.0. The second-order valence-electron chi connectivity index (χ2n) is 3.76. The van der Waals surface area contributed by atoms with E-state index in [0.29, 0.717) is 13.0 Å². The molecule has 0 radical (unpaired) electrons. The number of carbonyl (C=O) groups excluding carboxylic acids is 1. The van der Waals surface area contributed by atoms with Gasteiger partial charge in [-0.05, 0) is 40.1 Å². The van der Waals surface area contributed by atoms with Gasteiger partial charge in [-0.3, -0.25) is 4.79 Å². The minimum atomic E-state index is -0.0400. The molecule has 0 bridgehead atoms. The van der Waals surface area contributed by atoms with Crippen LogP contribution in [0.5, 0.6) is 5.75 Å². The van der Waals surface area contributed by atoms with E-state index in [1.54, 1.807) is 29.5 Å². The molecule has 0 unspecified atom stereocenters. The van der Waals surface area contributed by atoms with E-state index in [4.69, 9.17) is 0 Å². The van der Waals surface area contributed by atoms with Crippen LogP contribution >= 0.6 is 11.3 Å². The molecule has 0 fully saturated rings. The summed E-state index contributed by atoms with van der Waals surface area (Å²) in [5.74, 6) is 0.148. The lowest BCUT2D eigenvalue weighted by molar-refractivity contribution is -0.120. The van der Waals surface area contributed by atoms with E-state index in [2.05, 4.69) is 5.32 Å². The van der Waals surface area contributed by atoms with Gasteiger partial charge in [-0.1, -0.05) is 12.1 Å². The summed E-state index contributed by atoms with van der Waals surface area (Å²) in [5.41, 5.74) is 1.92. The normalized spacial score (nSPS) is 10.1. The molecule has 0 saturated carbocycles. The van der Waals surface area contributed by atoms with E-state index in [9.17, 15) is 9.90 Å². The molecule has 2 N–H and O–H groups in total. The molecule has 1 amide bonds. The molecule has 4 heteroatoms. The molecule has 1 aromatic heterocycles. The number of thiophene rings is 1. The molecule has 0 atom stereocenters. The number of rotatable bonds is 4. The minimum Gasteiger partial charge on any atom is -0.508 e. The first-order valence-corrected chi connectivity index (χ1v) is 6.24. The quantitative estimate of drug-likeness (QED) is 0.871. The molecule has 0 aliphatic rings. The summed E-state index contributed by atoms with van der Waals surface area (Å²) in [4.78, 5) is 11.6. The van der Waals surface area contributed by atoms with Crippen molar-refractivity contribution in [2.45, 2.75) is 13.0 Å². The largest absolute Gasteiger partial charge is 0.508 e. The van der Waals surface area contributed by atoms with Crippen molar-refractivity contribution in [3.8, 4) is 5.75 Å². The van der Waals surface area contributed by atoms with E-state index < -0.39 is 0 Å². The van der Waals surface area contributed by atoms with Crippen molar-refractivity contribution in [2.24, 2.45) is 0 Å². The van der Waals surface area contributed by atoms with Crippen molar-refractivity contribution in [1.29, 1.82) is 0 Å². The number of hydrogen-bond acceptors (Lipinski definition) is 3. The fraction of sp³-hybridized carbons (Fsp3) is 0.154. The number of phenols is 1. The Morgan fingerprint density at radius 1 is 1.29 bits per heavy atom. The molecule has 0 saturated heterocycles. The molecular weight excluding hydrogens is 234 g/mol. The second kappa shape index (κ2) is 5.50. The summed E-state index contributed by atoms with van der Waals surface area (Å²) in [6.07, 6.45) is 0.290. The Labute approximate surface area is 104 Å². The Morgan fingerprint density at radius 3 is 2.88 bits per heavy atom. The van der Waals surface area contributed by atoms with Crippen molar-refractivity contribution in [2.75, 3.05) is 0 Å². The van der Waals surface area contributed by atoms with E-state index >= 15 is 0 Å². The van der Waals surface area contributed by atoms with Gasteiger partial charge < -0.3 is 10.4 Å². The molecule has 3 nitrogen and oxygen atoms in total. The van der Waals surface area contributed by atoms with Gasteiger partial charge in [0.1, 0.15) is 5.75 Å². The van der Waals surface area contributed by atoms with Crippen LogP contribution in [0.15, 0.2) is 41.1 Å². The number of carbonyl (C=O) groups is 1. The highest BCUT2D eigenvalue weighted by atomic mass is 32.1. The Morgan fingerprint density at radius 2 is 2.18 bits per heavy atom. The van der Waals surface area contributed by atoms with Gasteiger partial charge >= 0.3 is 0 Å². The minimum absolute atomic E-state index is 0.0400. The smallest absolute Gasteiger partial charge is 0.224 e. The standard InChI is InChI=1S/C13H13NO2S/c15-12-3-1-2-10(6-12)7-13(16)14-8-11-4-5-17-9-11/h1-6,9,15H,7-8H2,(H,14,16). The first-order chi connectivity index (χ1) is 8.24. The molecule has 1 aromatic carbocycles. The summed E-state index contributed by atoms with van der Waals surface area (Å²) in [7, 11) is 0. The van der Waals surface area contributed by atoms with Crippen molar-refractivity contribution in [3.63, 3.8) is 0 Å². The van der Waals surface area contributed by atoms with Gasteiger partial charge in [-0.15, -0.1) is 0 Å². The first-order valence-electron chi connectivity index (χ1n) is 5.30. The van der Waals surface area contributed by atoms with Gasteiger partial charge in [-0.25, -0.2) is 0 Å². The predicted molar refractivity (Wildman–Crippen MR) is 68.0 cm³/mol. The Bertz CT molecular complexity index is 494. The third-order valence-corrected chi connectivity index (χ3v) is 3.08. The lowest BCUT2D eigenvalue weighted by atomic mass is 10.1. The van der Waals surface area contributed by atoms with Gasteiger partial charge in [0, 0.05) is 6.54 Å². The molecule has 1 heterocycles. The van der Waals surface area contributed by atoms with Crippen LogP contribution in [0.1, 0.15) is 11.1 Å². The number of benzene rings is 1. The van der Waals surface area contributed by atoms with E-state index in [0.717, 1.165) is 11.1 Å². The van der Waals surface area contributed by atoms with Crippen LogP contribution in [-0.4, -0.2) is 11.0 Å². The van der Waals surface area contributed by atoms with Crippen LogP contribution in [0.25, 0.3) is 0 Å². The molecule has 17 heavy (non-hydrogen) atoms. The lowest BCUT2D eigenvalue weighted by Gasteiger charge is -2.04. The molecule has 0 aliphatic carbocycles. The summed E-state index contributed by atoms with van der Waals surface area (Å²) in [5, 5.41) is 16.1. The van der Waals surface area contributed by atoms with Crippen LogP contribution in [0.2, 0.25) is 0 Å². The Balaban J connectivity index is 1.85. The highest BCUT2D eigenvalue weighted by Crippen LogP contribution is 2.11. The number of phenolic OH excluding ortho intramolecular Hbond substituents is 1. The first kappa shape index (κ1) is 11.7. The maximum atomic E-state index is 11.6. The summed E-state index contributed by atoms with van der Waals surface area (Å²) in [6, 6.07) is 8.73. The zero-order valence-electron chi connectivity index (χ0n) is 9.22. The maximum absolute atomic E-state index is 11.6. The second-order valence-corrected chi connectivity index (χ2v) is 4.54. The van der Waals surface area contributed by atoms with Crippen LogP contribution in [0.3, 0.4) is 0 Å². The third-order valence-electron chi connectivity index (χ3n) is 2.35. The van der Waals surface area contributed by atoms with E-state index in [1.165, 1.54) is 0 Å². The third kappa shape index (κ3) is 3.60. The molecular formula is C13H13NO2S. The molecule has 2 aromatic rings. The number of amides is 1. The van der Waals surface area contributed by atoms with Crippen LogP contribution in [0.4, 0.5) is 0 Å². The van der Waals surface area contributed by atoms with Gasteiger partial charge in [0.25, 0.3) is 0 Å². The number of nitrogens with one attached hydrogen (secondary N) is 1. The Hall–Kier alpha value is -1.81. The van der Waals surface area contributed by atoms with Crippen molar-refractivity contribution in [3.05, 3.63) is 52.2 Å². The zero-order chi connectivity index (χ0) is 12.1. The monoisotopic (exact) mass is 247 g/mol. The number of aromatic hydroxyl groups is 1. The van der Waals surface area contributed by atoms with Crippen LogP contribution < -0.4 is 5.32 Å². The van der Waals surface area contributed by atoms with Crippen molar-refractivity contribution in [1.82, 2.24) is 5.32 Å². The maximum Gasteiger partial charge on any atom is 0.224 e. The average Bonchev–Trinajstić information content (AvgIpc) is 2.79. The van der Waals surface area contributed by atoms with Crippen molar-refractivity contribution >= 4 is 17.2 Å². The molecule has 2 rings (SSSR count). The van der Waals surface area contributed by atoms with Gasteiger partial charge in [-0.2, -0.15) is 11.3 Å². The van der Waals surface area contributed by atoms with Crippen LogP contribution in [0, 0.1) is 0 Å². The van der Waals surface area contributed by atoms with E-state index in [1.807, 2.05) is 22.9 Å². The van der Waals surface area contributed by atoms with Crippen molar-refractivity contribution < 1.29 is 9.90 Å². The highest BCUT2D eigenvalue weighted by Gasteiger charge is 2.03. The average molecular weight is 247 g/mol. The fourth-order valence-corrected chi connectivity index (χ4v) is 2.18. The molecule has 0 aliphatic heterocycles. The predicted octanol–water partition coefficient (Wildman–Crippen LogP) is 2.31. The topological polar surface area (TPSA) is 49.3 Å². The highest BCUT2D eigenvalue weighted by molar-refractivity contribution is 7.07. The molecule has 88 valence electrons. The Kier molecular flexibility index (Phi) is 3.77. The van der Waals surface area contributed by atoms with Gasteiger partial charge in [0.2, 0.25) is 5.91 Å². The van der Waals surface area contributed by atoms with Gasteiger partial charge in [0.15, 0.2) is 0 Å². The summed E-state index contributed by atoms with van der Waals surface area (Å²) >= 11 is 1.61. The fourth-order valence-electron chi connectivity index (χ4n) is 1.51. The van der Waals surface area contributed by atoms with E-state index in [-0.39, 0.29) is 11.7 Å². The SMILES string of the molecule is O=C(Cc1cccc(O)c1)NCc1ccsc1. The lowest BCUT2D eigenvalue weighted by Crippen LogP contribution is -2.24. The van der Waals surface area contributed by atoms with Crippen LogP contribution in [-0.2, 0) is 17.8 Å². The summed E-state index contributed by atoms with van der Waals surface area (Å²) < 4.78 is 0. The van der Waals surface area contributed by atoms with Gasteiger partial charge in [0.05, 0.1) is 6.42 Å². The summed E-state index contributed by atoms with van der Waals surface area (Å²) in [6.45, 7) is 0.557. The molecule has 0 spiro atoms.